The second kappa shape index (κ2) is 3.53. The molecule has 1 aliphatic rings. The fraction of sp³-hybridized carbons (Fsp3) is 0.625. The molecule has 1 unspecified atom stereocenters. The van der Waals surface area contributed by atoms with Crippen LogP contribution in [0.5, 0.6) is 0 Å². The van der Waals surface area contributed by atoms with Crippen molar-refractivity contribution in [2.75, 3.05) is 0 Å². The predicted molar refractivity (Wildman–Crippen MR) is 39.9 cm³/mol. The number of hydrogen-bond donors (Lipinski definition) is 1. The number of carbonyl (C=O) groups is 1. The number of esters is 1. The van der Waals surface area contributed by atoms with Crippen LogP contribution in [-0.4, -0.2) is 23.3 Å². The lowest BCUT2D eigenvalue weighted by Gasteiger charge is -2.10. The fourth-order valence-electron chi connectivity index (χ4n) is 0.951. The molecule has 0 amide bonds. The minimum Gasteiger partial charge on any atom is -0.456 e. The van der Waals surface area contributed by atoms with E-state index >= 15 is 0 Å². The maximum atomic E-state index is 10.8. The highest BCUT2D eigenvalue weighted by molar-refractivity contribution is 5.74. The van der Waals surface area contributed by atoms with E-state index in [0.717, 1.165) is 12.8 Å². The number of allylic oxidation sites excluding steroid dienone is 1. The van der Waals surface area contributed by atoms with Gasteiger partial charge in [-0.3, -0.25) is 0 Å². The Labute approximate surface area is 65.7 Å². The largest absolute Gasteiger partial charge is 0.456 e. The van der Waals surface area contributed by atoms with Gasteiger partial charge in [-0.05, 0) is 25.8 Å². The van der Waals surface area contributed by atoms with Crippen LogP contribution in [0.4, 0.5) is 0 Å². The SMILES string of the molecule is C[C@H](O)C(=O)OC1C=CCC1. The Morgan fingerprint density at radius 2 is 2.55 bits per heavy atom. The van der Waals surface area contributed by atoms with Gasteiger partial charge >= 0.3 is 5.97 Å². The van der Waals surface area contributed by atoms with Crippen LogP contribution >= 0.6 is 0 Å². The topological polar surface area (TPSA) is 46.5 Å². The zero-order chi connectivity index (χ0) is 8.27. The average Bonchev–Trinajstić information content (AvgIpc) is 2.39. The summed E-state index contributed by atoms with van der Waals surface area (Å²) in [6.45, 7) is 1.40. The van der Waals surface area contributed by atoms with Crippen LogP contribution in [0.1, 0.15) is 19.8 Å². The van der Waals surface area contributed by atoms with E-state index in [1.54, 1.807) is 0 Å². The molecular weight excluding hydrogens is 144 g/mol. The molecule has 0 aromatic heterocycles. The minimum atomic E-state index is -1.01. The van der Waals surface area contributed by atoms with Gasteiger partial charge in [0.15, 0.2) is 0 Å². The van der Waals surface area contributed by atoms with Crippen LogP contribution in [0.3, 0.4) is 0 Å². The second-order valence-corrected chi connectivity index (χ2v) is 2.66. The van der Waals surface area contributed by atoms with Gasteiger partial charge < -0.3 is 9.84 Å². The first kappa shape index (κ1) is 8.27. The van der Waals surface area contributed by atoms with Crippen LogP contribution in [0.15, 0.2) is 12.2 Å². The number of aliphatic hydroxyl groups is 1. The Bertz CT molecular complexity index is 172. The lowest BCUT2D eigenvalue weighted by Crippen LogP contribution is -2.23. The monoisotopic (exact) mass is 156 g/mol. The molecule has 1 rings (SSSR count). The third kappa shape index (κ3) is 2.35. The smallest absolute Gasteiger partial charge is 0.335 e. The minimum absolute atomic E-state index is 0.114. The summed E-state index contributed by atoms with van der Waals surface area (Å²) in [6, 6.07) is 0. The van der Waals surface area contributed by atoms with Crippen molar-refractivity contribution >= 4 is 5.97 Å². The molecule has 0 fully saturated rings. The molecule has 62 valence electrons. The third-order valence-electron chi connectivity index (χ3n) is 1.58. The number of hydrogen-bond acceptors (Lipinski definition) is 3. The van der Waals surface area contributed by atoms with Gasteiger partial charge in [-0.1, -0.05) is 6.08 Å². The Morgan fingerprint density at radius 3 is 3.00 bits per heavy atom. The molecule has 0 aromatic rings. The van der Waals surface area contributed by atoms with Crippen LogP contribution in [0.2, 0.25) is 0 Å². The van der Waals surface area contributed by atoms with Crippen molar-refractivity contribution in [2.24, 2.45) is 0 Å². The Hall–Kier alpha value is -0.830. The quantitative estimate of drug-likeness (QED) is 0.471. The van der Waals surface area contributed by atoms with E-state index in [-0.39, 0.29) is 6.10 Å². The molecule has 0 bridgehead atoms. The highest BCUT2D eigenvalue weighted by Gasteiger charge is 2.17. The summed E-state index contributed by atoms with van der Waals surface area (Å²) in [5.41, 5.74) is 0. The molecule has 11 heavy (non-hydrogen) atoms. The molecule has 3 heteroatoms. The Balaban J connectivity index is 2.30. The van der Waals surface area contributed by atoms with Gasteiger partial charge in [-0.25, -0.2) is 4.79 Å². The summed E-state index contributed by atoms with van der Waals surface area (Å²) in [6.07, 6.45) is 4.50. The molecule has 0 aromatic carbocycles. The van der Waals surface area contributed by atoms with Crippen molar-refractivity contribution in [3.05, 3.63) is 12.2 Å². The van der Waals surface area contributed by atoms with Crippen molar-refractivity contribution in [1.82, 2.24) is 0 Å². The van der Waals surface area contributed by atoms with Gasteiger partial charge in [0.2, 0.25) is 0 Å². The number of carbonyl (C=O) groups excluding carboxylic acids is 1. The van der Waals surface area contributed by atoms with Crippen molar-refractivity contribution in [2.45, 2.75) is 32.0 Å². The molecular formula is C8H12O3. The Morgan fingerprint density at radius 1 is 1.82 bits per heavy atom. The van der Waals surface area contributed by atoms with Crippen LogP contribution < -0.4 is 0 Å². The van der Waals surface area contributed by atoms with Crippen molar-refractivity contribution in [3.8, 4) is 0 Å². The molecule has 0 saturated carbocycles. The van der Waals surface area contributed by atoms with E-state index in [9.17, 15) is 4.79 Å². The van der Waals surface area contributed by atoms with Crippen molar-refractivity contribution in [3.63, 3.8) is 0 Å². The molecule has 1 N–H and O–H groups in total. The lowest BCUT2D eigenvalue weighted by atomic mass is 10.3. The summed E-state index contributed by atoms with van der Waals surface area (Å²) in [4.78, 5) is 10.8. The molecule has 0 saturated heterocycles. The highest BCUT2D eigenvalue weighted by Crippen LogP contribution is 2.13. The lowest BCUT2D eigenvalue weighted by molar-refractivity contribution is -0.155. The van der Waals surface area contributed by atoms with E-state index in [0.29, 0.717) is 0 Å². The highest BCUT2D eigenvalue weighted by atomic mass is 16.6. The molecule has 1 aliphatic carbocycles. The fourth-order valence-corrected chi connectivity index (χ4v) is 0.951. The van der Waals surface area contributed by atoms with Crippen LogP contribution in [0, 0.1) is 0 Å². The summed E-state index contributed by atoms with van der Waals surface area (Å²) >= 11 is 0. The maximum absolute atomic E-state index is 10.8. The number of rotatable bonds is 2. The Kier molecular flexibility index (Phi) is 2.65. The van der Waals surface area contributed by atoms with Crippen molar-refractivity contribution < 1.29 is 14.6 Å². The van der Waals surface area contributed by atoms with E-state index < -0.39 is 12.1 Å². The van der Waals surface area contributed by atoms with Gasteiger partial charge in [-0.15, -0.1) is 0 Å². The number of aliphatic hydroxyl groups excluding tert-OH is 1. The predicted octanol–water partition coefficient (Wildman–Crippen LogP) is 0.629. The van der Waals surface area contributed by atoms with Gasteiger partial charge in [0.1, 0.15) is 12.2 Å². The zero-order valence-electron chi connectivity index (χ0n) is 6.49. The molecule has 2 atom stereocenters. The first-order chi connectivity index (χ1) is 5.20. The summed E-state index contributed by atoms with van der Waals surface area (Å²) in [7, 11) is 0. The van der Waals surface area contributed by atoms with E-state index in [2.05, 4.69) is 0 Å². The normalized spacial score (nSPS) is 25.1. The van der Waals surface area contributed by atoms with Gasteiger partial charge in [0.05, 0.1) is 0 Å². The van der Waals surface area contributed by atoms with E-state index in [4.69, 9.17) is 9.84 Å². The zero-order valence-corrected chi connectivity index (χ0v) is 6.49. The average molecular weight is 156 g/mol. The molecule has 0 heterocycles. The van der Waals surface area contributed by atoms with Gasteiger partial charge in [0, 0.05) is 0 Å². The van der Waals surface area contributed by atoms with E-state index in [1.165, 1.54) is 6.92 Å². The first-order valence-electron chi connectivity index (χ1n) is 3.75. The van der Waals surface area contributed by atoms with Gasteiger partial charge in [0.25, 0.3) is 0 Å². The van der Waals surface area contributed by atoms with Crippen LogP contribution in [-0.2, 0) is 9.53 Å². The van der Waals surface area contributed by atoms with E-state index in [1.807, 2.05) is 12.2 Å². The molecule has 3 nitrogen and oxygen atoms in total. The van der Waals surface area contributed by atoms with Gasteiger partial charge in [-0.2, -0.15) is 0 Å². The summed E-state index contributed by atoms with van der Waals surface area (Å²) in [5, 5.41) is 8.78. The summed E-state index contributed by atoms with van der Waals surface area (Å²) < 4.78 is 4.90. The standard InChI is InChI=1S/C8H12O3/c1-6(9)8(10)11-7-4-2-3-5-7/h2,4,6-7,9H,3,5H2,1H3/t6-,7?/m0/s1. The molecule has 0 aliphatic heterocycles. The second-order valence-electron chi connectivity index (χ2n) is 2.66. The first-order valence-corrected chi connectivity index (χ1v) is 3.75. The molecule has 0 spiro atoms. The van der Waals surface area contributed by atoms with Crippen LogP contribution in [0.25, 0.3) is 0 Å². The maximum Gasteiger partial charge on any atom is 0.335 e. The molecule has 0 radical (unpaired) electrons. The third-order valence-corrected chi connectivity index (χ3v) is 1.58. The summed E-state index contributed by atoms with van der Waals surface area (Å²) in [5.74, 6) is -0.540. The van der Waals surface area contributed by atoms with Crippen molar-refractivity contribution in [1.29, 1.82) is 0 Å². The number of ether oxygens (including phenoxy) is 1.